The van der Waals surface area contributed by atoms with E-state index >= 15 is 0 Å². The van der Waals surface area contributed by atoms with E-state index in [0.717, 1.165) is 0 Å². The Kier molecular flexibility index (Phi) is 2.86. The van der Waals surface area contributed by atoms with E-state index < -0.39 is 22.0 Å². The largest absolute Gasteiger partial charge is 0.390 e. The number of sulfone groups is 1. The predicted molar refractivity (Wildman–Crippen MR) is 58.5 cm³/mol. The minimum atomic E-state index is -3.16. The first-order valence-electron chi connectivity index (χ1n) is 4.87. The smallest absolute Gasteiger partial charge is 0.155 e. The summed E-state index contributed by atoms with van der Waals surface area (Å²) in [5.74, 6) is -0.664. The summed E-state index contributed by atoms with van der Waals surface area (Å²) in [4.78, 5) is 0. The van der Waals surface area contributed by atoms with E-state index in [1.807, 2.05) is 0 Å². The molecule has 0 radical (unpaired) electrons. The molecule has 0 bridgehead atoms. The van der Waals surface area contributed by atoms with Gasteiger partial charge in [-0.2, -0.15) is 0 Å². The van der Waals surface area contributed by atoms with Gasteiger partial charge in [0, 0.05) is 5.69 Å². The maximum atomic E-state index is 12.6. The lowest BCUT2D eigenvalue weighted by atomic mass is 10.2. The molecule has 0 aliphatic carbocycles. The van der Waals surface area contributed by atoms with Crippen molar-refractivity contribution in [2.75, 3.05) is 16.8 Å². The summed E-state index contributed by atoms with van der Waals surface area (Å²) >= 11 is 0. The van der Waals surface area contributed by atoms with Gasteiger partial charge in [0.25, 0.3) is 0 Å². The third-order valence-electron chi connectivity index (χ3n) is 2.52. The normalized spacial score (nSPS) is 27.9. The van der Waals surface area contributed by atoms with Crippen molar-refractivity contribution < 1.29 is 17.9 Å². The molecule has 0 spiro atoms. The van der Waals surface area contributed by atoms with Gasteiger partial charge in [0.15, 0.2) is 9.84 Å². The van der Waals surface area contributed by atoms with Gasteiger partial charge < -0.3 is 10.4 Å². The second-order valence-corrected chi connectivity index (χ2v) is 6.06. The quantitative estimate of drug-likeness (QED) is 0.791. The second-order valence-electron chi connectivity index (χ2n) is 3.90. The predicted octanol–water partition coefficient (Wildman–Crippen LogP) is 0.396. The first-order chi connectivity index (χ1) is 7.46. The standard InChI is InChI=1S/C10H12FNO3S/c11-7-1-3-8(4-2-7)12-9-5-16(14,15)6-10(9)13/h1-4,9-10,12-13H,5-6H2/t9-,10-/m0/s1. The van der Waals surface area contributed by atoms with Gasteiger partial charge in [0.2, 0.25) is 0 Å². The lowest BCUT2D eigenvalue weighted by Gasteiger charge is -2.15. The van der Waals surface area contributed by atoms with Crippen molar-refractivity contribution in [3.63, 3.8) is 0 Å². The van der Waals surface area contributed by atoms with Gasteiger partial charge in [-0.1, -0.05) is 0 Å². The van der Waals surface area contributed by atoms with Crippen LogP contribution in [0.2, 0.25) is 0 Å². The Bertz CT molecular complexity index is 471. The Balaban J connectivity index is 2.08. The molecule has 1 aliphatic rings. The molecule has 1 aromatic carbocycles. The molecule has 16 heavy (non-hydrogen) atoms. The fraction of sp³-hybridized carbons (Fsp3) is 0.400. The van der Waals surface area contributed by atoms with E-state index in [2.05, 4.69) is 5.32 Å². The van der Waals surface area contributed by atoms with E-state index in [4.69, 9.17) is 0 Å². The van der Waals surface area contributed by atoms with Crippen LogP contribution in [0.15, 0.2) is 24.3 Å². The van der Waals surface area contributed by atoms with E-state index in [1.165, 1.54) is 24.3 Å². The number of anilines is 1. The van der Waals surface area contributed by atoms with Crippen LogP contribution < -0.4 is 5.32 Å². The van der Waals surface area contributed by atoms with E-state index in [9.17, 15) is 17.9 Å². The maximum Gasteiger partial charge on any atom is 0.155 e. The molecule has 1 fully saturated rings. The van der Waals surface area contributed by atoms with Gasteiger partial charge >= 0.3 is 0 Å². The number of hydrogen-bond donors (Lipinski definition) is 2. The van der Waals surface area contributed by atoms with E-state index in [0.29, 0.717) is 5.69 Å². The Morgan fingerprint density at radius 1 is 1.25 bits per heavy atom. The Labute approximate surface area is 93.0 Å². The average Bonchev–Trinajstić information content (AvgIpc) is 2.44. The van der Waals surface area contributed by atoms with Crippen LogP contribution in [0.4, 0.5) is 10.1 Å². The molecule has 1 aliphatic heterocycles. The minimum Gasteiger partial charge on any atom is -0.390 e. The van der Waals surface area contributed by atoms with Crippen molar-refractivity contribution in [2.24, 2.45) is 0 Å². The Morgan fingerprint density at radius 2 is 1.88 bits per heavy atom. The molecular weight excluding hydrogens is 233 g/mol. The van der Waals surface area contributed by atoms with Crippen LogP contribution in [0.25, 0.3) is 0 Å². The van der Waals surface area contributed by atoms with Crippen molar-refractivity contribution >= 4 is 15.5 Å². The molecule has 4 nitrogen and oxygen atoms in total. The van der Waals surface area contributed by atoms with Crippen molar-refractivity contribution in [1.29, 1.82) is 0 Å². The molecule has 0 saturated carbocycles. The summed E-state index contributed by atoms with van der Waals surface area (Å²) in [6.45, 7) is 0. The number of rotatable bonds is 2. The van der Waals surface area contributed by atoms with Crippen LogP contribution in [-0.4, -0.2) is 37.2 Å². The zero-order chi connectivity index (χ0) is 11.8. The van der Waals surface area contributed by atoms with E-state index in [-0.39, 0.29) is 17.3 Å². The molecule has 2 N–H and O–H groups in total. The molecule has 0 aromatic heterocycles. The third-order valence-corrected chi connectivity index (χ3v) is 4.24. The monoisotopic (exact) mass is 245 g/mol. The summed E-state index contributed by atoms with van der Waals surface area (Å²) < 4.78 is 35.1. The molecule has 2 atom stereocenters. The number of nitrogens with one attached hydrogen (secondary N) is 1. The first-order valence-corrected chi connectivity index (χ1v) is 6.69. The van der Waals surface area contributed by atoms with Crippen LogP contribution in [0.3, 0.4) is 0 Å². The van der Waals surface area contributed by atoms with Crippen molar-refractivity contribution in [3.05, 3.63) is 30.1 Å². The van der Waals surface area contributed by atoms with Gasteiger partial charge in [0.1, 0.15) is 5.82 Å². The van der Waals surface area contributed by atoms with Crippen molar-refractivity contribution in [3.8, 4) is 0 Å². The summed E-state index contributed by atoms with van der Waals surface area (Å²) in [6.07, 6.45) is -0.907. The molecular formula is C10H12FNO3S. The minimum absolute atomic E-state index is 0.0917. The molecule has 6 heteroatoms. The summed E-state index contributed by atoms with van der Waals surface area (Å²) in [7, 11) is -3.16. The lowest BCUT2D eigenvalue weighted by molar-refractivity contribution is 0.190. The second kappa shape index (κ2) is 4.03. The highest BCUT2D eigenvalue weighted by Gasteiger charge is 2.36. The van der Waals surface area contributed by atoms with Crippen LogP contribution in [0.5, 0.6) is 0 Å². The molecule has 1 heterocycles. The number of aliphatic hydroxyl groups is 1. The van der Waals surface area contributed by atoms with Crippen LogP contribution in [-0.2, 0) is 9.84 Å². The maximum absolute atomic E-state index is 12.6. The highest BCUT2D eigenvalue weighted by molar-refractivity contribution is 7.91. The van der Waals surface area contributed by atoms with Gasteiger partial charge in [-0.15, -0.1) is 0 Å². The average molecular weight is 245 g/mol. The first kappa shape index (κ1) is 11.3. The van der Waals surface area contributed by atoms with Gasteiger partial charge in [-0.25, -0.2) is 12.8 Å². The Morgan fingerprint density at radius 3 is 2.38 bits per heavy atom. The number of hydrogen-bond acceptors (Lipinski definition) is 4. The molecule has 88 valence electrons. The lowest BCUT2D eigenvalue weighted by Crippen LogP contribution is -2.31. The number of halogens is 1. The zero-order valence-corrected chi connectivity index (χ0v) is 9.24. The van der Waals surface area contributed by atoms with Crippen molar-refractivity contribution in [2.45, 2.75) is 12.1 Å². The third kappa shape index (κ3) is 2.51. The summed E-state index contributed by atoms with van der Waals surface area (Å²) in [5, 5.41) is 12.4. The van der Waals surface area contributed by atoms with Gasteiger partial charge in [0.05, 0.1) is 23.7 Å². The Hall–Kier alpha value is -1.14. The fourth-order valence-electron chi connectivity index (χ4n) is 1.73. The molecule has 1 aromatic rings. The topological polar surface area (TPSA) is 66.4 Å². The molecule has 2 rings (SSSR count). The van der Waals surface area contributed by atoms with Gasteiger partial charge in [-0.3, -0.25) is 0 Å². The highest BCUT2D eigenvalue weighted by Crippen LogP contribution is 2.18. The number of benzene rings is 1. The summed E-state index contributed by atoms with van der Waals surface area (Å²) in [5.41, 5.74) is 0.600. The molecule has 0 amide bonds. The zero-order valence-electron chi connectivity index (χ0n) is 8.43. The molecule has 1 saturated heterocycles. The van der Waals surface area contributed by atoms with Crippen LogP contribution >= 0.6 is 0 Å². The van der Waals surface area contributed by atoms with Crippen LogP contribution in [0, 0.1) is 5.82 Å². The molecule has 0 unspecified atom stereocenters. The fourth-order valence-corrected chi connectivity index (χ4v) is 3.47. The van der Waals surface area contributed by atoms with Gasteiger partial charge in [-0.05, 0) is 24.3 Å². The highest BCUT2D eigenvalue weighted by atomic mass is 32.2. The van der Waals surface area contributed by atoms with E-state index in [1.54, 1.807) is 0 Å². The van der Waals surface area contributed by atoms with Crippen molar-refractivity contribution in [1.82, 2.24) is 0 Å². The van der Waals surface area contributed by atoms with Crippen LogP contribution in [0.1, 0.15) is 0 Å². The SMILES string of the molecule is O=S1(=O)C[C@H](Nc2ccc(F)cc2)[C@@H](O)C1. The number of aliphatic hydroxyl groups excluding tert-OH is 1. The summed E-state index contributed by atoms with van der Waals surface area (Å²) in [6, 6.07) is 5.05.